The van der Waals surface area contributed by atoms with E-state index in [1.54, 1.807) is 12.1 Å². The van der Waals surface area contributed by atoms with Gasteiger partial charge in [-0.15, -0.1) is 0 Å². The molecule has 3 unspecified atom stereocenters. The monoisotopic (exact) mass is 422 g/mol. The molecule has 0 bridgehead atoms. The summed E-state index contributed by atoms with van der Waals surface area (Å²) in [5.74, 6) is -2.86. The lowest BCUT2D eigenvalue weighted by Gasteiger charge is -2.24. The first kappa shape index (κ1) is 24.9. The van der Waals surface area contributed by atoms with Crippen molar-refractivity contribution in [2.24, 2.45) is 11.7 Å². The van der Waals surface area contributed by atoms with Gasteiger partial charge in [0.2, 0.25) is 17.7 Å². The minimum atomic E-state index is -1.22. The highest BCUT2D eigenvalue weighted by atomic mass is 16.4. The fraction of sp³-hybridized carbons (Fsp3) is 0.500. The SMILES string of the molecule is CC(C)CC(NC(=O)C(C)N)C(=O)NC(Cc1ccc(O)cc1)C(=O)NCC(=O)O. The highest BCUT2D eigenvalue weighted by Crippen LogP contribution is 2.12. The van der Waals surface area contributed by atoms with Gasteiger partial charge in [-0.1, -0.05) is 26.0 Å². The van der Waals surface area contributed by atoms with Crippen molar-refractivity contribution in [1.29, 1.82) is 0 Å². The number of carbonyl (C=O) groups excluding carboxylic acids is 3. The van der Waals surface area contributed by atoms with E-state index >= 15 is 0 Å². The van der Waals surface area contributed by atoms with Gasteiger partial charge in [-0.2, -0.15) is 0 Å². The highest BCUT2D eigenvalue weighted by molar-refractivity contribution is 5.93. The van der Waals surface area contributed by atoms with Crippen LogP contribution in [-0.2, 0) is 25.6 Å². The smallest absolute Gasteiger partial charge is 0.322 e. The number of nitrogens with two attached hydrogens (primary N) is 1. The zero-order valence-electron chi connectivity index (χ0n) is 17.3. The number of carboxylic acids is 1. The Kier molecular flexibility index (Phi) is 9.76. The van der Waals surface area contributed by atoms with Gasteiger partial charge in [0.15, 0.2) is 0 Å². The Morgan fingerprint density at radius 1 is 0.933 bits per heavy atom. The summed E-state index contributed by atoms with van der Waals surface area (Å²) < 4.78 is 0. The molecule has 1 aromatic rings. The predicted octanol–water partition coefficient (Wildman–Crippen LogP) is -0.502. The van der Waals surface area contributed by atoms with Crippen molar-refractivity contribution in [2.75, 3.05) is 6.54 Å². The van der Waals surface area contributed by atoms with Crippen molar-refractivity contribution in [1.82, 2.24) is 16.0 Å². The van der Waals surface area contributed by atoms with Gasteiger partial charge < -0.3 is 31.9 Å². The number of hydrogen-bond acceptors (Lipinski definition) is 6. The number of aliphatic carboxylic acids is 1. The number of amides is 3. The molecule has 0 saturated carbocycles. The number of rotatable bonds is 11. The second-order valence-electron chi connectivity index (χ2n) is 7.52. The minimum Gasteiger partial charge on any atom is -0.508 e. The van der Waals surface area contributed by atoms with E-state index < -0.39 is 48.4 Å². The summed E-state index contributed by atoms with van der Waals surface area (Å²) in [7, 11) is 0. The summed E-state index contributed by atoms with van der Waals surface area (Å²) in [5, 5.41) is 25.6. The fourth-order valence-corrected chi connectivity index (χ4v) is 2.64. The van der Waals surface area contributed by atoms with Crippen LogP contribution in [0.15, 0.2) is 24.3 Å². The molecule has 166 valence electrons. The molecule has 1 rings (SSSR count). The Morgan fingerprint density at radius 3 is 2.00 bits per heavy atom. The Hall–Kier alpha value is -3.14. The van der Waals surface area contributed by atoms with Crippen LogP contribution in [0, 0.1) is 5.92 Å². The van der Waals surface area contributed by atoms with Gasteiger partial charge in [-0.05, 0) is 37.0 Å². The van der Waals surface area contributed by atoms with E-state index in [-0.39, 0.29) is 18.1 Å². The van der Waals surface area contributed by atoms with E-state index in [0.29, 0.717) is 12.0 Å². The van der Waals surface area contributed by atoms with Crippen LogP contribution in [0.25, 0.3) is 0 Å². The summed E-state index contributed by atoms with van der Waals surface area (Å²) >= 11 is 0. The summed E-state index contributed by atoms with van der Waals surface area (Å²) in [6.07, 6.45) is 0.389. The molecule has 0 spiro atoms. The average Bonchev–Trinajstić information content (AvgIpc) is 2.66. The molecule has 0 aliphatic rings. The van der Waals surface area contributed by atoms with Crippen LogP contribution in [0.1, 0.15) is 32.8 Å². The van der Waals surface area contributed by atoms with Gasteiger partial charge in [-0.3, -0.25) is 19.2 Å². The second kappa shape index (κ2) is 11.8. The molecule has 7 N–H and O–H groups in total. The van der Waals surface area contributed by atoms with Gasteiger partial charge in [0.05, 0.1) is 6.04 Å². The molecular formula is C20H30N4O6. The number of benzene rings is 1. The molecule has 3 amide bonds. The van der Waals surface area contributed by atoms with Crippen LogP contribution in [0.5, 0.6) is 5.75 Å². The Morgan fingerprint density at radius 2 is 1.50 bits per heavy atom. The van der Waals surface area contributed by atoms with Crippen molar-refractivity contribution < 1.29 is 29.4 Å². The maximum absolute atomic E-state index is 12.8. The van der Waals surface area contributed by atoms with E-state index in [1.807, 2.05) is 13.8 Å². The Bertz CT molecular complexity index is 748. The van der Waals surface area contributed by atoms with E-state index in [4.69, 9.17) is 10.8 Å². The third-order valence-corrected chi connectivity index (χ3v) is 4.18. The van der Waals surface area contributed by atoms with Crippen molar-refractivity contribution in [3.63, 3.8) is 0 Å². The van der Waals surface area contributed by atoms with Crippen LogP contribution in [-0.4, -0.2) is 58.6 Å². The lowest BCUT2D eigenvalue weighted by Crippen LogP contribution is -2.56. The van der Waals surface area contributed by atoms with Crippen molar-refractivity contribution in [3.8, 4) is 5.75 Å². The molecule has 3 atom stereocenters. The van der Waals surface area contributed by atoms with E-state index in [2.05, 4.69) is 16.0 Å². The largest absolute Gasteiger partial charge is 0.508 e. The quantitative estimate of drug-likeness (QED) is 0.279. The first-order valence-corrected chi connectivity index (χ1v) is 9.63. The molecule has 10 heteroatoms. The number of hydrogen-bond donors (Lipinski definition) is 6. The lowest BCUT2D eigenvalue weighted by atomic mass is 10.0. The molecule has 30 heavy (non-hydrogen) atoms. The number of carbonyl (C=O) groups is 4. The molecule has 10 nitrogen and oxygen atoms in total. The number of nitrogens with one attached hydrogen (secondary N) is 3. The number of phenols is 1. The second-order valence-corrected chi connectivity index (χ2v) is 7.52. The predicted molar refractivity (Wildman–Crippen MR) is 109 cm³/mol. The standard InChI is InChI=1S/C20H30N4O6/c1-11(2)8-15(23-18(28)12(3)21)20(30)24-16(19(29)22-10-17(26)27)9-13-4-6-14(25)7-5-13/h4-7,11-12,15-16,25H,8-10,21H2,1-3H3,(H,22,29)(H,23,28)(H,24,30)(H,26,27). The van der Waals surface area contributed by atoms with Gasteiger partial charge in [0.25, 0.3) is 0 Å². The number of aromatic hydroxyl groups is 1. The highest BCUT2D eigenvalue weighted by Gasteiger charge is 2.28. The van der Waals surface area contributed by atoms with Gasteiger partial charge in [0.1, 0.15) is 24.4 Å². The first-order chi connectivity index (χ1) is 14.0. The van der Waals surface area contributed by atoms with Gasteiger partial charge in [-0.25, -0.2) is 0 Å². The van der Waals surface area contributed by atoms with Crippen LogP contribution < -0.4 is 21.7 Å². The molecular weight excluding hydrogens is 392 g/mol. The summed E-state index contributed by atoms with van der Waals surface area (Å²) in [4.78, 5) is 48.1. The zero-order valence-corrected chi connectivity index (χ0v) is 17.3. The van der Waals surface area contributed by atoms with E-state index in [0.717, 1.165) is 0 Å². The maximum atomic E-state index is 12.8. The fourth-order valence-electron chi connectivity index (χ4n) is 2.64. The summed E-state index contributed by atoms with van der Waals surface area (Å²) in [6, 6.07) is 3.26. The summed E-state index contributed by atoms with van der Waals surface area (Å²) in [6.45, 7) is 4.65. The molecule has 0 heterocycles. The van der Waals surface area contributed by atoms with Crippen molar-refractivity contribution >= 4 is 23.7 Å². The van der Waals surface area contributed by atoms with Crippen LogP contribution in [0.4, 0.5) is 0 Å². The Balaban J connectivity index is 3.00. The minimum absolute atomic E-state index is 0.0466. The van der Waals surface area contributed by atoms with Gasteiger partial charge in [0, 0.05) is 6.42 Å². The molecule has 0 aliphatic heterocycles. The molecule has 0 saturated heterocycles. The summed E-state index contributed by atoms with van der Waals surface area (Å²) in [5.41, 5.74) is 6.21. The number of carboxylic acid groups (broad SMARTS) is 1. The van der Waals surface area contributed by atoms with Crippen LogP contribution in [0.3, 0.4) is 0 Å². The number of phenolic OH excluding ortho intramolecular Hbond substituents is 1. The van der Waals surface area contributed by atoms with E-state index in [1.165, 1.54) is 19.1 Å². The Labute approximate surface area is 175 Å². The zero-order chi connectivity index (χ0) is 22.8. The topological polar surface area (TPSA) is 171 Å². The molecule has 0 aliphatic carbocycles. The maximum Gasteiger partial charge on any atom is 0.322 e. The third kappa shape index (κ3) is 8.91. The normalized spacial score (nSPS) is 13.8. The lowest BCUT2D eigenvalue weighted by molar-refractivity contribution is -0.138. The average molecular weight is 422 g/mol. The van der Waals surface area contributed by atoms with Crippen molar-refractivity contribution in [2.45, 2.75) is 51.7 Å². The molecule has 1 aromatic carbocycles. The van der Waals surface area contributed by atoms with Crippen LogP contribution >= 0.6 is 0 Å². The van der Waals surface area contributed by atoms with Crippen molar-refractivity contribution in [3.05, 3.63) is 29.8 Å². The van der Waals surface area contributed by atoms with Gasteiger partial charge >= 0.3 is 5.97 Å². The van der Waals surface area contributed by atoms with E-state index in [9.17, 15) is 24.3 Å². The third-order valence-electron chi connectivity index (χ3n) is 4.18. The molecule has 0 radical (unpaired) electrons. The van der Waals surface area contributed by atoms with Crippen LogP contribution in [0.2, 0.25) is 0 Å². The molecule has 0 fully saturated rings. The molecule has 0 aromatic heterocycles. The first-order valence-electron chi connectivity index (χ1n) is 9.63.